The summed E-state index contributed by atoms with van der Waals surface area (Å²) in [6, 6.07) is -1.42. The van der Waals surface area contributed by atoms with Crippen LogP contribution in [0.3, 0.4) is 0 Å². The van der Waals surface area contributed by atoms with Crippen molar-refractivity contribution in [3.63, 3.8) is 0 Å². The maximum Gasteiger partial charge on any atom is 0.344 e. The summed E-state index contributed by atoms with van der Waals surface area (Å²) < 4.78 is 0. The predicted octanol–water partition coefficient (Wildman–Crippen LogP) is -0.162. The third-order valence-electron chi connectivity index (χ3n) is 4.79. The van der Waals surface area contributed by atoms with Gasteiger partial charge in [-0.2, -0.15) is 0 Å². The van der Waals surface area contributed by atoms with E-state index in [4.69, 9.17) is 0 Å². The highest BCUT2D eigenvalue weighted by Crippen LogP contribution is 2.51. The van der Waals surface area contributed by atoms with E-state index in [9.17, 15) is 19.6 Å². The molecule has 2 unspecified atom stereocenters. The molecule has 116 valence electrons. The molecule has 4 amide bonds. The van der Waals surface area contributed by atoms with Crippen molar-refractivity contribution < 1.29 is 19.6 Å². The van der Waals surface area contributed by atoms with Crippen LogP contribution in [0.15, 0.2) is 0 Å². The number of piperidine rings is 1. The summed E-state index contributed by atoms with van der Waals surface area (Å²) >= 11 is 0. The number of fused-ring (bicyclic) bond motifs is 2. The first-order valence-corrected chi connectivity index (χ1v) is 7.19. The molecule has 3 N–H and O–H groups in total. The average Bonchev–Trinajstić information content (AvgIpc) is 3.05. The lowest BCUT2D eigenvalue weighted by atomic mass is 10.0. The van der Waals surface area contributed by atoms with E-state index < -0.39 is 18.0 Å². The molecule has 1 saturated carbocycles. The lowest BCUT2D eigenvalue weighted by molar-refractivity contribution is -0.132. The zero-order valence-electron chi connectivity index (χ0n) is 12.1. The van der Waals surface area contributed by atoms with E-state index in [0.717, 1.165) is 6.42 Å². The summed E-state index contributed by atoms with van der Waals surface area (Å²) in [5, 5.41) is 10.3. The molecule has 21 heavy (non-hydrogen) atoms. The zero-order chi connectivity index (χ0) is 15.4. The predicted molar refractivity (Wildman–Crippen MR) is 70.7 cm³/mol. The number of amides is 4. The Balaban J connectivity index is 1.54. The van der Waals surface area contributed by atoms with Crippen LogP contribution < -0.4 is 10.9 Å². The third kappa shape index (κ3) is 2.33. The summed E-state index contributed by atoms with van der Waals surface area (Å²) in [7, 11) is 0. The minimum atomic E-state index is -0.640. The van der Waals surface area contributed by atoms with E-state index in [1.807, 2.05) is 13.8 Å². The molecule has 2 bridgehead atoms. The van der Waals surface area contributed by atoms with Gasteiger partial charge in [-0.15, -0.1) is 0 Å². The van der Waals surface area contributed by atoms with Gasteiger partial charge in [0.2, 0.25) is 5.91 Å². The lowest BCUT2D eigenvalue weighted by Crippen LogP contribution is -2.54. The summed E-state index contributed by atoms with van der Waals surface area (Å²) in [5.41, 5.74) is 4.82. The second kappa shape index (κ2) is 4.59. The Morgan fingerprint density at radius 3 is 2.48 bits per heavy atom. The van der Waals surface area contributed by atoms with Crippen molar-refractivity contribution in [3.05, 3.63) is 0 Å². The van der Waals surface area contributed by atoms with E-state index in [-0.39, 0.29) is 23.3 Å². The number of rotatable bonds is 2. The van der Waals surface area contributed by atoms with E-state index in [1.165, 1.54) is 4.90 Å². The number of carbonyl (C=O) groups excluding carboxylic acids is 3. The number of hydrogen-bond donors (Lipinski definition) is 3. The van der Waals surface area contributed by atoms with Gasteiger partial charge in [-0.25, -0.2) is 9.86 Å². The molecule has 0 radical (unpaired) electrons. The smallest absolute Gasteiger partial charge is 0.309 e. The monoisotopic (exact) mass is 296 g/mol. The van der Waals surface area contributed by atoms with Gasteiger partial charge in [0.25, 0.3) is 5.91 Å². The van der Waals surface area contributed by atoms with Gasteiger partial charge in [-0.1, -0.05) is 13.8 Å². The molecule has 0 aromatic carbocycles. The Bertz CT molecular complexity index is 506. The first-order chi connectivity index (χ1) is 9.81. The summed E-state index contributed by atoms with van der Waals surface area (Å²) in [5.74, 6) is -0.683. The van der Waals surface area contributed by atoms with Crippen molar-refractivity contribution in [2.75, 3.05) is 6.54 Å². The first-order valence-electron chi connectivity index (χ1n) is 7.19. The molecule has 3 atom stereocenters. The lowest BCUT2D eigenvalue weighted by Gasteiger charge is -2.29. The minimum absolute atomic E-state index is 0.00478. The SMILES string of the molecule is CC1(C)CC1C(=O)NNC(=O)[C@@H]1CCC2CN1C(=O)N2O. The van der Waals surface area contributed by atoms with Crippen molar-refractivity contribution in [2.45, 2.75) is 45.2 Å². The molecule has 2 aliphatic heterocycles. The summed E-state index contributed by atoms with van der Waals surface area (Å²) in [6.45, 7) is 4.34. The molecule has 8 nitrogen and oxygen atoms in total. The second-order valence-electron chi connectivity index (χ2n) is 6.75. The molecular weight excluding hydrogens is 276 g/mol. The second-order valence-corrected chi connectivity index (χ2v) is 6.75. The average molecular weight is 296 g/mol. The third-order valence-corrected chi connectivity index (χ3v) is 4.79. The Morgan fingerprint density at radius 1 is 1.24 bits per heavy atom. The largest absolute Gasteiger partial charge is 0.344 e. The van der Waals surface area contributed by atoms with E-state index in [2.05, 4.69) is 10.9 Å². The number of nitrogens with one attached hydrogen (secondary N) is 2. The maximum absolute atomic E-state index is 12.1. The molecule has 0 aromatic rings. The Morgan fingerprint density at radius 2 is 1.86 bits per heavy atom. The highest BCUT2D eigenvalue weighted by atomic mass is 16.5. The fourth-order valence-electron chi connectivity index (χ4n) is 3.13. The summed E-state index contributed by atoms with van der Waals surface area (Å²) in [6.07, 6.45) is 1.86. The normalized spacial score (nSPS) is 32.9. The van der Waals surface area contributed by atoms with Crippen LogP contribution >= 0.6 is 0 Å². The Hall–Kier alpha value is -1.83. The quantitative estimate of drug-likeness (QED) is 0.486. The van der Waals surface area contributed by atoms with Gasteiger partial charge in [0, 0.05) is 12.5 Å². The van der Waals surface area contributed by atoms with Crippen LogP contribution in [-0.2, 0) is 9.59 Å². The highest BCUT2D eigenvalue weighted by Gasteiger charge is 2.51. The van der Waals surface area contributed by atoms with E-state index in [0.29, 0.717) is 24.4 Å². The van der Waals surface area contributed by atoms with Gasteiger partial charge in [0.1, 0.15) is 6.04 Å². The van der Waals surface area contributed by atoms with Crippen molar-refractivity contribution in [2.24, 2.45) is 11.3 Å². The Kier molecular flexibility index (Phi) is 3.09. The van der Waals surface area contributed by atoms with Gasteiger partial charge in [0.05, 0.1) is 6.04 Å². The molecule has 2 heterocycles. The molecule has 8 heteroatoms. The van der Waals surface area contributed by atoms with Crippen LogP contribution in [0.4, 0.5) is 4.79 Å². The topological polar surface area (TPSA) is 102 Å². The van der Waals surface area contributed by atoms with Gasteiger partial charge in [0.15, 0.2) is 0 Å². The van der Waals surface area contributed by atoms with Crippen molar-refractivity contribution >= 4 is 17.8 Å². The van der Waals surface area contributed by atoms with Gasteiger partial charge < -0.3 is 4.90 Å². The van der Waals surface area contributed by atoms with Gasteiger partial charge in [-0.3, -0.25) is 25.6 Å². The van der Waals surface area contributed by atoms with E-state index >= 15 is 0 Å². The van der Waals surface area contributed by atoms with E-state index in [1.54, 1.807) is 0 Å². The molecule has 0 spiro atoms. The zero-order valence-corrected chi connectivity index (χ0v) is 12.1. The fourth-order valence-corrected chi connectivity index (χ4v) is 3.13. The number of nitrogens with zero attached hydrogens (tertiary/aromatic N) is 2. The highest BCUT2D eigenvalue weighted by molar-refractivity contribution is 5.90. The molecule has 3 rings (SSSR count). The molecule has 2 saturated heterocycles. The Labute approximate surface area is 122 Å². The first kappa shape index (κ1) is 14.1. The number of hydroxylamine groups is 2. The standard InChI is InChI=1S/C13H20N4O4/c1-13(2)5-8(13)10(18)14-15-11(19)9-4-3-7-6-16(9)12(20)17(7)21/h7-9,21H,3-6H2,1-2H3,(H,14,18)(H,15,19)/t7?,8?,9-/m0/s1. The van der Waals surface area contributed by atoms with Crippen LogP contribution in [0.1, 0.15) is 33.1 Å². The van der Waals surface area contributed by atoms with Gasteiger partial charge >= 0.3 is 6.03 Å². The molecule has 1 aliphatic carbocycles. The molecule has 3 aliphatic rings. The van der Waals surface area contributed by atoms with Crippen molar-refractivity contribution in [1.82, 2.24) is 20.8 Å². The number of hydrazine groups is 1. The molecular formula is C13H20N4O4. The van der Waals surface area contributed by atoms with Crippen LogP contribution in [0.25, 0.3) is 0 Å². The molecule has 3 fully saturated rings. The maximum atomic E-state index is 12.1. The summed E-state index contributed by atoms with van der Waals surface area (Å²) in [4.78, 5) is 37.1. The van der Waals surface area contributed by atoms with Crippen LogP contribution in [0.2, 0.25) is 0 Å². The van der Waals surface area contributed by atoms with Crippen LogP contribution in [0, 0.1) is 11.3 Å². The minimum Gasteiger partial charge on any atom is -0.309 e. The fraction of sp³-hybridized carbons (Fsp3) is 0.769. The van der Waals surface area contributed by atoms with Crippen LogP contribution in [0.5, 0.6) is 0 Å². The number of hydrogen-bond acceptors (Lipinski definition) is 4. The van der Waals surface area contributed by atoms with Gasteiger partial charge in [-0.05, 0) is 24.7 Å². The van der Waals surface area contributed by atoms with Crippen molar-refractivity contribution in [1.29, 1.82) is 0 Å². The van der Waals surface area contributed by atoms with Crippen LogP contribution in [-0.4, -0.2) is 51.6 Å². The number of urea groups is 1. The molecule has 0 aromatic heterocycles. The number of carbonyl (C=O) groups is 3. The van der Waals surface area contributed by atoms with Crippen molar-refractivity contribution in [3.8, 4) is 0 Å².